The Morgan fingerprint density at radius 3 is 2.32 bits per heavy atom. The molecule has 2 aromatic heterocycles. The fourth-order valence-electron chi connectivity index (χ4n) is 4.07. The van der Waals surface area contributed by atoms with Crippen molar-refractivity contribution in [3.05, 3.63) is 77.4 Å². The smallest absolute Gasteiger partial charge is 0.357 e. The second kappa shape index (κ2) is 11.3. The van der Waals surface area contributed by atoms with E-state index in [4.69, 9.17) is 4.98 Å². The highest BCUT2D eigenvalue weighted by molar-refractivity contribution is 5.84. The lowest BCUT2D eigenvalue weighted by molar-refractivity contribution is -0.132. The van der Waals surface area contributed by atoms with Crippen LogP contribution < -0.4 is 4.90 Å². The van der Waals surface area contributed by atoms with Gasteiger partial charge in [0, 0.05) is 37.1 Å². The highest BCUT2D eigenvalue weighted by Gasteiger charge is 2.28. The number of aromatic amines is 1. The molecule has 0 saturated carbocycles. The fourth-order valence-corrected chi connectivity index (χ4v) is 4.07. The maximum atomic E-state index is 13.0. The normalized spacial score (nSPS) is 11.5. The number of ketones is 1. The van der Waals surface area contributed by atoms with Gasteiger partial charge in [-0.3, -0.25) is 4.79 Å². The van der Waals surface area contributed by atoms with E-state index in [1.165, 1.54) is 0 Å². The first-order valence-corrected chi connectivity index (χ1v) is 11.9. The number of carbonyl (C=O) groups is 1. The largest absolute Gasteiger partial charge is 0.390 e. The molecule has 0 radical (unpaired) electrons. The summed E-state index contributed by atoms with van der Waals surface area (Å²) in [6, 6.07) is 18.6. The van der Waals surface area contributed by atoms with Crippen LogP contribution in [0.5, 0.6) is 0 Å². The van der Waals surface area contributed by atoms with Crippen molar-refractivity contribution in [3.8, 4) is 22.6 Å². The summed E-state index contributed by atoms with van der Waals surface area (Å²) in [5.41, 5.74) is 4.55. The summed E-state index contributed by atoms with van der Waals surface area (Å²) in [5, 5.41) is 14.2. The van der Waals surface area contributed by atoms with Crippen LogP contribution in [0.4, 0.5) is 19.0 Å². The highest BCUT2D eigenvalue weighted by Crippen LogP contribution is 2.31. The molecule has 1 N–H and O–H groups in total. The van der Waals surface area contributed by atoms with E-state index in [0.29, 0.717) is 40.6 Å². The lowest BCUT2D eigenvalue weighted by Crippen LogP contribution is -2.29. The summed E-state index contributed by atoms with van der Waals surface area (Å²) >= 11 is 0. The molecule has 0 atom stereocenters. The number of Topliss-reactive ketones (excluding diaryl/α,β-unsaturated/α-hetero) is 1. The second-order valence-electron chi connectivity index (χ2n) is 8.82. The number of hydrogen-bond donors (Lipinski definition) is 1. The van der Waals surface area contributed by atoms with Crippen molar-refractivity contribution in [3.63, 3.8) is 0 Å². The van der Waals surface area contributed by atoms with Crippen molar-refractivity contribution in [2.24, 2.45) is 0 Å². The Balaban J connectivity index is 1.71. The van der Waals surface area contributed by atoms with Crippen LogP contribution in [-0.4, -0.2) is 50.7 Å². The lowest BCUT2D eigenvalue weighted by Gasteiger charge is -2.24. The van der Waals surface area contributed by atoms with Crippen molar-refractivity contribution in [2.75, 3.05) is 18.0 Å². The second-order valence-corrected chi connectivity index (χ2v) is 8.82. The minimum absolute atomic E-state index is 0.00301. The molecule has 0 saturated heterocycles. The number of carbonyl (C=O) groups excluding carboxylic acids is 1. The maximum Gasteiger partial charge on any atom is 0.390 e. The summed E-state index contributed by atoms with van der Waals surface area (Å²) in [5.74, 6) is 0.742. The number of anilines is 1. The van der Waals surface area contributed by atoms with Gasteiger partial charge in [-0.2, -0.15) is 18.4 Å². The van der Waals surface area contributed by atoms with Crippen LogP contribution in [-0.2, 0) is 17.6 Å². The quantitative estimate of drug-likeness (QED) is 0.310. The number of aryl methyl sites for hydroxylation is 1. The molecule has 0 unspecified atom stereocenters. The van der Waals surface area contributed by atoms with Crippen molar-refractivity contribution < 1.29 is 18.0 Å². The molecule has 0 fully saturated rings. The summed E-state index contributed by atoms with van der Waals surface area (Å²) in [7, 11) is 0. The average Bonchev–Trinajstić information content (AvgIpc) is 3.40. The third-order valence-corrected chi connectivity index (χ3v) is 5.95. The van der Waals surface area contributed by atoms with Gasteiger partial charge >= 0.3 is 6.18 Å². The minimum atomic E-state index is -4.29. The zero-order chi connectivity index (χ0) is 26.4. The van der Waals surface area contributed by atoms with Gasteiger partial charge in [0.15, 0.2) is 0 Å². The van der Waals surface area contributed by atoms with E-state index in [-0.39, 0.29) is 25.2 Å². The predicted octanol–water partition coefficient (Wildman–Crippen LogP) is 5.37. The molecule has 10 heteroatoms. The topological polar surface area (TPSA) is 87.7 Å². The van der Waals surface area contributed by atoms with Crippen LogP contribution in [0.25, 0.3) is 22.6 Å². The average molecular weight is 509 g/mol. The first-order chi connectivity index (χ1) is 17.7. The molecule has 7 nitrogen and oxygen atoms in total. The molecule has 2 heterocycles. The molecule has 192 valence electrons. The summed E-state index contributed by atoms with van der Waals surface area (Å²) in [6.07, 6.45) is -4.87. The Bertz CT molecular complexity index is 1340. The van der Waals surface area contributed by atoms with Crippen molar-refractivity contribution in [1.82, 2.24) is 25.6 Å². The zero-order valence-electron chi connectivity index (χ0n) is 20.6. The molecule has 0 bridgehead atoms. The van der Waals surface area contributed by atoms with Gasteiger partial charge in [-0.25, -0.2) is 4.98 Å². The summed E-state index contributed by atoms with van der Waals surface area (Å²) < 4.78 is 39.0. The molecule has 0 aliphatic carbocycles. The Labute approximate surface area is 212 Å². The predicted molar refractivity (Wildman–Crippen MR) is 135 cm³/mol. The number of hydrogen-bond acceptors (Lipinski definition) is 6. The molecule has 0 aliphatic heterocycles. The van der Waals surface area contributed by atoms with E-state index in [0.717, 1.165) is 11.1 Å². The van der Waals surface area contributed by atoms with E-state index in [1.54, 1.807) is 24.0 Å². The number of tetrazole rings is 1. The number of pyridine rings is 1. The molecular weight excluding hydrogens is 481 g/mol. The van der Waals surface area contributed by atoms with Crippen LogP contribution in [0, 0.1) is 6.92 Å². The Morgan fingerprint density at radius 2 is 1.68 bits per heavy atom. The standard InChI is InChI=1S/C27H27F3N6O/c1-3-36(13-12-27(28,29)30)25-17-20(15-21(37)14-19-10-8-18(2)9-11-19)16-24(31-25)22-6-4-5-7-23(22)26-32-34-35-33-26/h4-11,16-17H,3,12-15H2,1-2H3,(H,32,33,34,35). The molecule has 4 rings (SSSR count). The van der Waals surface area contributed by atoms with Crippen LogP contribution in [0.15, 0.2) is 60.7 Å². The van der Waals surface area contributed by atoms with Crippen molar-refractivity contribution in [2.45, 2.75) is 39.3 Å². The number of aromatic nitrogens is 5. The van der Waals surface area contributed by atoms with E-state index >= 15 is 0 Å². The Kier molecular flexibility index (Phi) is 7.95. The molecule has 2 aromatic carbocycles. The van der Waals surface area contributed by atoms with E-state index < -0.39 is 12.6 Å². The number of benzene rings is 2. The Morgan fingerprint density at radius 1 is 0.973 bits per heavy atom. The van der Waals surface area contributed by atoms with Gasteiger partial charge in [0.05, 0.1) is 12.1 Å². The first kappa shape index (κ1) is 26.0. The van der Waals surface area contributed by atoms with Gasteiger partial charge < -0.3 is 4.90 Å². The molecule has 0 amide bonds. The van der Waals surface area contributed by atoms with Crippen LogP contribution in [0.2, 0.25) is 0 Å². The van der Waals surface area contributed by atoms with Crippen molar-refractivity contribution in [1.29, 1.82) is 0 Å². The Hall–Kier alpha value is -4.08. The highest BCUT2D eigenvalue weighted by atomic mass is 19.4. The minimum Gasteiger partial charge on any atom is -0.357 e. The number of rotatable bonds is 10. The van der Waals surface area contributed by atoms with Gasteiger partial charge in [0.25, 0.3) is 0 Å². The summed E-state index contributed by atoms with van der Waals surface area (Å²) in [6.45, 7) is 3.85. The van der Waals surface area contributed by atoms with Gasteiger partial charge in [0.1, 0.15) is 11.6 Å². The molecule has 0 spiro atoms. The summed E-state index contributed by atoms with van der Waals surface area (Å²) in [4.78, 5) is 19.2. The first-order valence-electron chi connectivity index (χ1n) is 11.9. The van der Waals surface area contributed by atoms with Gasteiger partial charge in [-0.15, -0.1) is 10.2 Å². The van der Waals surface area contributed by atoms with Gasteiger partial charge in [-0.1, -0.05) is 54.1 Å². The van der Waals surface area contributed by atoms with Crippen LogP contribution in [0.1, 0.15) is 30.0 Å². The zero-order valence-corrected chi connectivity index (χ0v) is 20.6. The third kappa shape index (κ3) is 6.99. The fraction of sp³-hybridized carbons (Fsp3) is 0.296. The van der Waals surface area contributed by atoms with E-state index in [9.17, 15) is 18.0 Å². The van der Waals surface area contributed by atoms with Crippen LogP contribution in [0.3, 0.4) is 0 Å². The van der Waals surface area contributed by atoms with Crippen molar-refractivity contribution >= 4 is 11.6 Å². The van der Waals surface area contributed by atoms with Gasteiger partial charge in [0.2, 0.25) is 5.82 Å². The number of alkyl halides is 3. The maximum absolute atomic E-state index is 13.0. The molecule has 37 heavy (non-hydrogen) atoms. The monoisotopic (exact) mass is 508 g/mol. The molecular formula is C27H27F3N6O. The lowest BCUT2D eigenvalue weighted by atomic mass is 9.98. The molecule has 4 aromatic rings. The third-order valence-electron chi connectivity index (χ3n) is 5.95. The van der Waals surface area contributed by atoms with E-state index in [2.05, 4.69) is 20.6 Å². The SMILES string of the molecule is CCN(CCC(F)(F)F)c1cc(CC(=O)Cc2ccc(C)cc2)cc(-c2ccccc2-c2nn[nH]n2)n1. The van der Waals surface area contributed by atoms with Crippen LogP contribution >= 0.6 is 0 Å². The number of halogens is 3. The number of nitrogens with one attached hydrogen (secondary N) is 1. The number of H-pyrrole nitrogens is 1. The van der Waals surface area contributed by atoms with Gasteiger partial charge in [-0.05, 0) is 42.3 Å². The number of nitrogens with zero attached hydrogens (tertiary/aromatic N) is 5. The molecule has 0 aliphatic rings. The van der Waals surface area contributed by atoms with E-state index in [1.807, 2.05) is 55.5 Å².